The molecule has 0 radical (unpaired) electrons. The quantitative estimate of drug-likeness (QED) is 0.727. The number of benzene rings is 1. The van der Waals surface area contributed by atoms with E-state index in [1.54, 1.807) is 18.3 Å². The minimum absolute atomic E-state index is 0. The number of nitrogens with two attached hydrogens (primary N) is 1. The number of pyridine rings is 1. The zero-order chi connectivity index (χ0) is 15.6. The molecule has 3 N–H and O–H groups in total. The van der Waals surface area contributed by atoms with Crippen LogP contribution in [0.3, 0.4) is 0 Å². The Bertz CT molecular complexity index is 576. The summed E-state index contributed by atoms with van der Waals surface area (Å²) in [5.41, 5.74) is 7.40. The van der Waals surface area contributed by atoms with Crippen molar-refractivity contribution in [3.05, 3.63) is 54.2 Å². The van der Waals surface area contributed by atoms with Crippen molar-refractivity contribution in [1.82, 2.24) is 4.98 Å². The Hall–Kier alpha value is -2.11. The molecule has 0 bridgehead atoms. The number of nitrogens with one attached hydrogen (secondary N) is 1. The van der Waals surface area contributed by atoms with E-state index in [4.69, 9.17) is 10.5 Å². The van der Waals surface area contributed by atoms with Crippen LogP contribution in [0.2, 0.25) is 0 Å². The summed E-state index contributed by atoms with van der Waals surface area (Å²) >= 11 is 0. The van der Waals surface area contributed by atoms with Crippen molar-refractivity contribution in [2.45, 2.75) is 19.3 Å². The molecule has 0 aliphatic carbocycles. The molecule has 1 heterocycles. The zero-order valence-corrected chi connectivity index (χ0v) is 13.7. The Balaban J connectivity index is 0.00000264. The number of amides is 1. The molecule has 0 atom stereocenters. The van der Waals surface area contributed by atoms with Crippen LogP contribution in [-0.4, -0.2) is 24.1 Å². The van der Waals surface area contributed by atoms with Crippen molar-refractivity contribution in [1.29, 1.82) is 0 Å². The molecule has 0 fully saturated rings. The molecule has 6 heteroatoms. The molecule has 5 nitrogen and oxygen atoms in total. The number of aromatic nitrogens is 1. The molecule has 2 aromatic rings. The van der Waals surface area contributed by atoms with Gasteiger partial charge in [0.25, 0.3) is 0 Å². The van der Waals surface area contributed by atoms with E-state index >= 15 is 0 Å². The number of nitrogen functional groups attached to an aromatic ring is 1. The topological polar surface area (TPSA) is 77.2 Å². The molecule has 0 spiro atoms. The molecular weight excluding hydrogens is 314 g/mol. The van der Waals surface area contributed by atoms with Gasteiger partial charge < -0.3 is 15.8 Å². The van der Waals surface area contributed by atoms with Gasteiger partial charge >= 0.3 is 0 Å². The van der Waals surface area contributed by atoms with E-state index < -0.39 is 0 Å². The first kappa shape index (κ1) is 18.9. The first-order valence-corrected chi connectivity index (χ1v) is 7.37. The summed E-state index contributed by atoms with van der Waals surface area (Å²) in [7, 11) is 0. The number of carbonyl (C=O) groups is 1. The number of hydrogen-bond donors (Lipinski definition) is 2. The molecule has 0 saturated carbocycles. The van der Waals surface area contributed by atoms with E-state index in [9.17, 15) is 4.79 Å². The molecule has 23 heavy (non-hydrogen) atoms. The smallest absolute Gasteiger partial charge is 0.224 e. The van der Waals surface area contributed by atoms with Crippen molar-refractivity contribution in [2.24, 2.45) is 0 Å². The average molecular weight is 336 g/mol. The second-order valence-electron chi connectivity index (χ2n) is 4.97. The lowest BCUT2D eigenvalue weighted by atomic mass is 10.2. The van der Waals surface area contributed by atoms with Crippen LogP contribution >= 0.6 is 12.4 Å². The van der Waals surface area contributed by atoms with Gasteiger partial charge in [0.2, 0.25) is 5.91 Å². The van der Waals surface area contributed by atoms with Gasteiger partial charge in [-0.3, -0.25) is 4.79 Å². The highest BCUT2D eigenvalue weighted by molar-refractivity contribution is 5.90. The summed E-state index contributed by atoms with van der Waals surface area (Å²) in [4.78, 5) is 15.6. The summed E-state index contributed by atoms with van der Waals surface area (Å²) in [6, 6.07) is 13.6. The Morgan fingerprint density at radius 1 is 1.13 bits per heavy atom. The predicted octanol–water partition coefficient (Wildman–Crippen LogP) is 3.06. The second-order valence-corrected chi connectivity index (χ2v) is 4.97. The van der Waals surface area contributed by atoms with Gasteiger partial charge in [0.05, 0.1) is 18.5 Å². The normalized spacial score (nSPS) is 9.91. The summed E-state index contributed by atoms with van der Waals surface area (Å²) in [6.07, 6.45) is 3.56. The maximum absolute atomic E-state index is 11.7. The van der Waals surface area contributed by atoms with Gasteiger partial charge in [-0.25, -0.2) is 4.98 Å². The van der Waals surface area contributed by atoms with Gasteiger partial charge in [-0.15, -0.1) is 12.4 Å². The first-order chi connectivity index (χ1) is 10.7. The van der Waals surface area contributed by atoms with Crippen LogP contribution in [0.15, 0.2) is 48.7 Å². The van der Waals surface area contributed by atoms with Crippen LogP contribution in [0.1, 0.15) is 18.4 Å². The Labute approximate surface area is 142 Å². The Morgan fingerprint density at radius 3 is 2.61 bits per heavy atom. The lowest BCUT2D eigenvalue weighted by Gasteiger charge is -2.06. The molecule has 1 aromatic carbocycles. The average Bonchev–Trinajstić information content (AvgIpc) is 2.54. The van der Waals surface area contributed by atoms with Crippen LogP contribution in [0.4, 0.5) is 11.5 Å². The van der Waals surface area contributed by atoms with Crippen LogP contribution in [-0.2, 0) is 16.0 Å². The van der Waals surface area contributed by atoms with Crippen molar-refractivity contribution in [3.63, 3.8) is 0 Å². The number of hydrogen-bond acceptors (Lipinski definition) is 4. The maximum atomic E-state index is 11.7. The third-order valence-electron chi connectivity index (χ3n) is 3.14. The van der Waals surface area contributed by atoms with Gasteiger partial charge in [0, 0.05) is 13.0 Å². The van der Waals surface area contributed by atoms with Crippen LogP contribution in [0, 0.1) is 0 Å². The number of halogens is 1. The number of rotatable bonds is 8. The van der Waals surface area contributed by atoms with E-state index in [1.807, 2.05) is 18.2 Å². The third-order valence-corrected chi connectivity index (χ3v) is 3.14. The highest BCUT2D eigenvalue weighted by atomic mass is 35.5. The molecular formula is C17H22ClN3O2. The lowest BCUT2D eigenvalue weighted by Crippen LogP contribution is -2.12. The monoisotopic (exact) mass is 335 g/mol. The molecule has 2 rings (SSSR count). The van der Waals surface area contributed by atoms with Crippen molar-refractivity contribution >= 4 is 29.8 Å². The summed E-state index contributed by atoms with van der Waals surface area (Å²) in [5, 5.41) is 2.77. The van der Waals surface area contributed by atoms with Gasteiger partial charge in [0.15, 0.2) is 0 Å². The number of nitrogens with zero attached hydrogens (tertiary/aromatic N) is 1. The second kappa shape index (κ2) is 10.6. The van der Waals surface area contributed by atoms with E-state index in [2.05, 4.69) is 22.4 Å². The molecule has 0 aliphatic heterocycles. The standard InChI is InChI=1S/C17H21N3O2.ClH/c18-16-9-8-15(13-19-16)20-17(21)7-4-11-22-12-10-14-5-2-1-3-6-14;/h1-3,5-6,8-9,13H,4,7,10-12H2,(H2,18,19)(H,20,21);1H. The largest absolute Gasteiger partial charge is 0.384 e. The highest BCUT2D eigenvalue weighted by Crippen LogP contribution is 2.08. The van der Waals surface area contributed by atoms with Crippen LogP contribution < -0.4 is 11.1 Å². The summed E-state index contributed by atoms with van der Waals surface area (Å²) in [5.74, 6) is 0.392. The maximum Gasteiger partial charge on any atom is 0.224 e. The van der Waals surface area contributed by atoms with Crippen LogP contribution in [0.25, 0.3) is 0 Å². The number of ether oxygens (including phenoxy) is 1. The van der Waals surface area contributed by atoms with Gasteiger partial charge in [-0.1, -0.05) is 30.3 Å². The van der Waals surface area contributed by atoms with Crippen molar-refractivity contribution < 1.29 is 9.53 Å². The SMILES string of the molecule is Cl.Nc1ccc(NC(=O)CCCOCCc2ccccc2)cn1. The molecule has 0 saturated heterocycles. The fourth-order valence-electron chi connectivity index (χ4n) is 1.97. The summed E-state index contributed by atoms with van der Waals surface area (Å²) in [6.45, 7) is 1.26. The Kier molecular flexibility index (Phi) is 8.72. The molecule has 1 aromatic heterocycles. The van der Waals surface area contributed by atoms with E-state index in [0.29, 0.717) is 37.6 Å². The molecule has 0 aliphatic rings. The van der Waals surface area contributed by atoms with Gasteiger partial charge in [0.1, 0.15) is 5.82 Å². The zero-order valence-electron chi connectivity index (χ0n) is 12.9. The highest BCUT2D eigenvalue weighted by Gasteiger charge is 2.02. The fraction of sp³-hybridized carbons (Fsp3) is 0.294. The first-order valence-electron chi connectivity index (χ1n) is 7.37. The minimum atomic E-state index is -0.0433. The molecule has 0 unspecified atom stereocenters. The van der Waals surface area contributed by atoms with Gasteiger partial charge in [-0.05, 0) is 30.5 Å². The van der Waals surface area contributed by atoms with Crippen molar-refractivity contribution in [3.8, 4) is 0 Å². The van der Waals surface area contributed by atoms with Crippen LogP contribution in [0.5, 0.6) is 0 Å². The van der Waals surface area contributed by atoms with E-state index in [1.165, 1.54) is 5.56 Å². The third kappa shape index (κ3) is 7.63. The molecule has 1 amide bonds. The van der Waals surface area contributed by atoms with E-state index in [0.717, 1.165) is 6.42 Å². The fourth-order valence-corrected chi connectivity index (χ4v) is 1.97. The number of carbonyl (C=O) groups excluding carboxylic acids is 1. The predicted molar refractivity (Wildman–Crippen MR) is 94.7 cm³/mol. The van der Waals surface area contributed by atoms with E-state index in [-0.39, 0.29) is 18.3 Å². The minimum Gasteiger partial charge on any atom is -0.384 e. The van der Waals surface area contributed by atoms with Gasteiger partial charge in [-0.2, -0.15) is 0 Å². The lowest BCUT2D eigenvalue weighted by molar-refractivity contribution is -0.116. The summed E-state index contributed by atoms with van der Waals surface area (Å²) < 4.78 is 5.55. The number of anilines is 2. The Morgan fingerprint density at radius 2 is 1.91 bits per heavy atom. The molecule has 124 valence electrons. The van der Waals surface area contributed by atoms with Crippen molar-refractivity contribution in [2.75, 3.05) is 24.3 Å².